The van der Waals surface area contributed by atoms with Gasteiger partial charge < -0.3 is 5.11 Å². The lowest BCUT2D eigenvalue weighted by Crippen LogP contribution is -2.52. The molecule has 40 heavy (non-hydrogen) atoms. The molecule has 3 aromatic carbocycles. The number of aliphatic hydroxyl groups is 1. The molecular formula is C30H29F3N4O3. The Balaban J connectivity index is 1.34. The lowest BCUT2D eigenvalue weighted by molar-refractivity contribution is -0.136. The highest BCUT2D eigenvalue weighted by atomic mass is 19.1. The monoisotopic (exact) mass is 550 g/mol. The summed E-state index contributed by atoms with van der Waals surface area (Å²) in [5.41, 5.74) is 2.77. The topological polar surface area (TPSA) is 85.2 Å². The maximum atomic E-state index is 14.1. The van der Waals surface area contributed by atoms with E-state index in [9.17, 15) is 27.9 Å². The maximum absolute atomic E-state index is 14.1. The van der Waals surface area contributed by atoms with Crippen molar-refractivity contribution in [3.63, 3.8) is 0 Å². The van der Waals surface area contributed by atoms with Crippen molar-refractivity contribution in [2.24, 2.45) is 4.99 Å². The summed E-state index contributed by atoms with van der Waals surface area (Å²) in [4.78, 5) is 32.9. The number of aliphatic imine (C=N–C) groups is 1. The van der Waals surface area contributed by atoms with Crippen LogP contribution >= 0.6 is 0 Å². The zero-order chi connectivity index (χ0) is 28.4. The fraction of sp³-hybridized carbons (Fsp3) is 0.300. The van der Waals surface area contributed by atoms with E-state index in [1.807, 2.05) is 0 Å². The SMILES string of the molecule is CC(O)C1=NC(c2ccc(F)cc2)(c2ccc(F)cc2)C(=O)N1CC(=O)NN1CCC(c2ccc(F)cc2)CC1. The lowest BCUT2D eigenvalue weighted by Gasteiger charge is -2.33. The van der Waals surface area contributed by atoms with E-state index >= 15 is 0 Å². The van der Waals surface area contributed by atoms with Crippen molar-refractivity contribution in [1.82, 2.24) is 15.3 Å². The first kappa shape index (κ1) is 27.5. The number of aliphatic hydroxyl groups excluding tert-OH is 1. The third-order valence-electron chi connectivity index (χ3n) is 7.43. The fourth-order valence-electron chi connectivity index (χ4n) is 5.39. The van der Waals surface area contributed by atoms with Crippen LogP contribution in [0.25, 0.3) is 0 Å². The van der Waals surface area contributed by atoms with Gasteiger partial charge >= 0.3 is 0 Å². The molecule has 0 radical (unpaired) electrons. The van der Waals surface area contributed by atoms with Gasteiger partial charge in [0.25, 0.3) is 11.8 Å². The molecule has 2 amide bonds. The minimum absolute atomic E-state index is 0.0242. The standard InChI is InChI=1S/C30H29F3N4O3/c1-19(38)28-34-30(22-4-10-25(32)11-5-22,23-6-12-26(33)13-7-23)29(40)37(28)18-27(39)35-36-16-14-21(15-17-36)20-2-8-24(31)9-3-20/h2-13,19,21,38H,14-18H2,1H3,(H,35,39). The molecule has 0 spiro atoms. The molecule has 0 bridgehead atoms. The number of halogens is 3. The molecule has 5 rings (SSSR count). The van der Waals surface area contributed by atoms with Crippen LogP contribution in [0.5, 0.6) is 0 Å². The van der Waals surface area contributed by atoms with Crippen molar-refractivity contribution in [3.8, 4) is 0 Å². The molecule has 0 saturated carbocycles. The Bertz CT molecular complexity index is 1360. The molecular weight excluding hydrogens is 521 g/mol. The van der Waals surface area contributed by atoms with Crippen LogP contribution in [0.15, 0.2) is 77.8 Å². The van der Waals surface area contributed by atoms with Gasteiger partial charge in [0.1, 0.15) is 35.9 Å². The number of piperidine rings is 1. The van der Waals surface area contributed by atoms with E-state index in [1.165, 1.54) is 67.6 Å². The average Bonchev–Trinajstić information content (AvgIpc) is 3.23. The first-order chi connectivity index (χ1) is 19.2. The highest BCUT2D eigenvalue weighted by Crippen LogP contribution is 2.41. The second-order valence-electron chi connectivity index (χ2n) is 10.1. The number of hydrogen-bond donors (Lipinski definition) is 2. The van der Waals surface area contributed by atoms with Crippen molar-refractivity contribution >= 4 is 17.6 Å². The molecule has 10 heteroatoms. The second-order valence-corrected chi connectivity index (χ2v) is 10.1. The smallest absolute Gasteiger partial charge is 0.265 e. The second kappa shape index (κ2) is 11.2. The van der Waals surface area contributed by atoms with Crippen LogP contribution in [0.1, 0.15) is 42.4 Å². The highest BCUT2D eigenvalue weighted by molar-refractivity contribution is 6.13. The van der Waals surface area contributed by atoms with Gasteiger partial charge in [-0.25, -0.2) is 23.2 Å². The van der Waals surface area contributed by atoms with E-state index in [2.05, 4.69) is 10.4 Å². The Morgan fingerprint density at radius 1 is 0.925 bits per heavy atom. The van der Waals surface area contributed by atoms with Gasteiger partial charge in [0, 0.05) is 13.1 Å². The van der Waals surface area contributed by atoms with Crippen LogP contribution in [-0.4, -0.2) is 58.4 Å². The van der Waals surface area contributed by atoms with E-state index in [4.69, 9.17) is 0 Å². The van der Waals surface area contributed by atoms with E-state index in [0.29, 0.717) is 24.2 Å². The molecule has 7 nitrogen and oxygen atoms in total. The van der Waals surface area contributed by atoms with E-state index in [-0.39, 0.29) is 17.6 Å². The van der Waals surface area contributed by atoms with E-state index in [1.54, 1.807) is 17.1 Å². The normalized spacial score (nSPS) is 18.5. The molecule has 2 heterocycles. The molecule has 1 saturated heterocycles. The van der Waals surface area contributed by atoms with Gasteiger partial charge in [0.05, 0.1) is 0 Å². The number of carbonyl (C=O) groups is 2. The predicted molar refractivity (Wildman–Crippen MR) is 142 cm³/mol. The van der Waals surface area contributed by atoms with Crippen LogP contribution in [-0.2, 0) is 15.1 Å². The van der Waals surface area contributed by atoms with Crippen LogP contribution in [0, 0.1) is 17.5 Å². The van der Waals surface area contributed by atoms with Crippen molar-refractivity contribution in [1.29, 1.82) is 0 Å². The first-order valence-corrected chi connectivity index (χ1v) is 13.1. The summed E-state index contributed by atoms with van der Waals surface area (Å²) < 4.78 is 40.8. The molecule has 1 unspecified atom stereocenters. The molecule has 1 atom stereocenters. The number of hydrogen-bond acceptors (Lipinski definition) is 5. The van der Waals surface area contributed by atoms with E-state index < -0.39 is 41.6 Å². The van der Waals surface area contributed by atoms with Gasteiger partial charge in [-0.1, -0.05) is 36.4 Å². The number of amidine groups is 1. The van der Waals surface area contributed by atoms with Crippen LogP contribution in [0.2, 0.25) is 0 Å². The van der Waals surface area contributed by atoms with Crippen molar-refractivity contribution in [2.75, 3.05) is 19.6 Å². The van der Waals surface area contributed by atoms with Gasteiger partial charge in [-0.3, -0.25) is 19.9 Å². The fourth-order valence-corrected chi connectivity index (χ4v) is 5.39. The van der Waals surface area contributed by atoms with Gasteiger partial charge in [0.2, 0.25) is 0 Å². The van der Waals surface area contributed by atoms with Crippen LogP contribution in [0.4, 0.5) is 13.2 Å². The minimum Gasteiger partial charge on any atom is -0.385 e. The van der Waals surface area contributed by atoms with Crippen molar-refractivity contribution < 1.29 is 27.9 Å². The Morgan fingerprint density at radius 3 is 1.88 bits per heavy atom. The van der Waals surface area contributed by atoms with Gasteiger partial charge in [0.15, 0.2) is 5.54 Å². The number of carbonyl (C=O) groups excluding carboxylic acids is 2. The summed E-state index contributed by atoms with van der Waals surface area (Å²) in [5, 5.41) is 12.3. The third-order valence-corrected chi connectivity index (χ3v) is 7.43. The average molecular weight is 551 g/mol. The van der Waals surface area contributed by atoms with Gasteiger partial charge in [-0.15, -0.1) is 0 Å². The van der Waals surface area contributed by atoms with Crippen molar-refractivity contribution in [2.45, 2.75) is 37.3 Å². The first-order valence-electron chi connectivity index (χ1n) is 13.1. The summed E-state index contributed by atoms with van der Waals surface area (Å²) >= 11 is 0. The predicted octanol–water partition coefficient (Wildman–Crippen LogP) is 3.88. The van der Waals surface area contributed by atoms with E-state index in [0.717, 1.165) is 23.3 Å². The maximum Gasteiger partial charge on any atom is 0.265 e. The zero-order valence-electron chi connectivity index (χ0n) is 21.9. The summed E-state index contributed by atoms with van der Waals surface area (Å²) in [6.45, 7) is 2.15. The minimum atomic E-state index is -1.73. The third kappa shape index (κ3) is 5.37. The van der Waals surface area contributed by atoms with Crippen molar-refractivity contribution in [3.05, 3.63) is 107 Å². The largest absolute Gasteiger partial charge is 0.385 e. The Labute approximate surface area is 229 Å². The van der Waals surface area contributed by atoms with Crippen LogP contribution in [0.3, 0.4) is 0 Å². The number of nitrogens with one attached hydrogen (secondary N) is 1. The Hall–Kier alpha value is -4.02. The number of amides is 2. The number of rotatable bonds is 7. The zero-order valence-corrected chi connectivity index (χ0v) is 21.9. The summed E-state index contributed by atoms with van der Waals surface area (Å²) in [7, 11) is 0. The number of benzene rings is 3. The molecule has 2 aliphatic rings. The number of hydrazine groups is 1. The quantitative estimate of drug-likeness (QED) is 0.468. The van der Waals surface area contributed by atoms with Gasteiger partial charge in [-0.2, -0.15) is 0 Å². The molecule has 2 N–H and O–H groups in total. The Kier molecular flexibility index (Phi) is 7.73. The number of nitrogens with zero attached hydrogens (tertiary/aromatic N) is 3. The summed E-state index contributed by atoms with van der Waals surface area (Å²) in [6, 6.07) is 16.8. The lowest BCUT2D eigenvalue weighted by atomic mass is 9.83. The molecule has 0 aliphatic carbocycles. The Morgan fingerprint density at radius 2 is 1.40 bits per heavy atom. The molecule has 3 aromatic rings. The molecule has 208 valence electrons. The molecule has 0 aromatic heterocycles. The van der Waals surface area contributed by atoms with Crippen LogP contribution < -0.4 is 5.43 Å². The summed E-state index contributed by atoms with van der Waals surface area (Å²) in [5.74, 6) is -2.18. The van der Waals surface area contributed by atoms with Gasteiger partial charge in [-0.05, 0) is 78.8 Å². The molecule has 1 fully saturated rings. The highest BCUT2D eigenvalue weighted by Gasteiger charge is 2.52. The summed E-state index contributed by atoms with van der Waals surface area (Å²) in [6.07, 6.45) is 0.311. The molecule has 2 aliphatic heterocycles.